The highest BCUT2D eigenvalue weighted by Gasteiger charge is 2.33. The van der Waals surface area contributed by atoms with Crippen molar-refractivity contribution in [3.63, 3.8) is 0 Å². The van der Waals surface area contributed by atoms with E-state index in [1.54, 1.807) is 19.1 Å². The third kappa shape index (κ3) is 3.14. The maximum absolute atomic E-state index is 14.2. The number of carbonyl (C=O) groups is 1. The average molecular weight is 370 g/mol. The Balaban J connectivity index is 1.59. The molecule has 138 valence electrons. The first-order valence-electron chi connectivity index (χ1n) is 8.11. The van der Waals surface area contributed by atoms with Crippen LogP contribution < -0.4 is 15.2 Å². The van der Waals surface area contributed by atoms with E-state index in [2.05, 4.69) is 9.97 Å². The van der Waals surface area contributed by atoms with Gasteiger partial charge in [-0.25, -0.2) is 9.18 Å². The maximum atomic E-state index is 14.2. The predicted octanol–water partition coefficient (Wildman–Crippen LogP) is 3.66. The van der Waals surface area contributed by atoms with Gasteiger partial charge in [-0.2, -0.15) is 4.98 Å². The molecule has 1 aliphatic heterocycles. The molecule has 8 nitrogen and oxygen atoms in total. The second-order valence-corrected chi connectivity index (χ2v) is 5.95. The summed E-state index contributed by atoms with van der Waals surface area (Å²) in [7, 11) is 0. The number of ether oxygens (including phenoxy) is 2. The molecule has 27 heavy (non-hydrogen) atoms. The first-order chi connectivity index (χ1) is 13.0. The van der Waals surface area contributed by atoms with E-state index >= 15 is 0 Å². The highest BCUT2D eigenvalue weighted by molar-refractivity contribution is 5.74. The number of amides is 1. The van der Waals surface area contributed by atoms with Gasteiger partial charge in [0.25, 0.3) is 0 Å². The maximum Gasteiger partial charge on any atom is 0.416 e. The van der Waals surface area contributed by atoms with Crippen LogP contribution in [0.5, 0.6) is 17.6 Å². The minimum absolute atomic E-state index is 0.00651. The third-order valence-electron chi connectivity index (χ3n) is 4.22. The molecule has 0 spiro atoms. The SMILES string of the molecule is CC1c2ncc(Oc3ncco3)cc2OC(=O)N1Cc1cccc(N)c1F. The zero-order valence-corrected chi connectivity index (χ0v) is 14.3. The van der Waals surface area contributed by atoms with Crippen molar-refractivity contribution in [3.05, 3.63) is 60.0 Å². The number of hydrogen-bond acceptors (Lipinski definition) is 7. The molecule has 9 heteroatoms. The van der Waals surface area contributed by atoms with Gasteiger partial charge in [-0.05, 0) is 13.0 Å². The third-order valence-corrected chi connectivity index (χ3v) is 4.22. The molecule has 0 fully saturated rings. The van der Waals surface area contributed by atoms with Crippen LogP contribution in [0.4, 0.5) is 14.9 Å². The molecule has 3 heterocycles. The van der Waals surface area contributed by atoms with E-state index in [4.69, 9.17) is 19.6 Å². The van der Waals surface area contributed by atoms with E-state index < -0.39 is 18.0 Å². The summed E-state index contributed by atoms with van der Waals surface area (Å²) in [5.41, 5.74) is 6.44. The number of anilines is 1. The zero-order valence-electron chi connectivity index (χ0n) is 14.3. The van der Waals surface area contributed by atoms with Crippen LogP contribution in [-0.4, -0.2) is 21.0 Å². The van der Waals surface area contributed by atoms with Crippen LogP contribution in [0, 0.1) is 5.82 Å². The number of benzene rings is 1. The molecule has 1 aliphatic rings. The van der Waals surface area contributed by atoms with Crippen LogP contribution in [0.1, 0.15) is 24.2 Å². The zero-order chi connectivity index (χ0) is 19.0. The molecule has 1 unspecified atom stereocenters. The van der Waals surface area contributed by atoms with Gasteiger partial charge in [0, 0.05) is 11.6 Å². The summed E-state index contributed by atoms with van der Waals surface area (Å²) in [5, 5.41) is 0. The van der Waals surface area contributed by atoms with E-state index in [0.717, 1.165) is 0 Å². The Labute approximate surface area is 153 Å². The van der Waals surface area contributed by atoms with Crippen molar-refractivity contribution in [1.82, 2.24) is 14.9 Å². The van der Waals surface area contributed by atoms with Crippen molar-refractivity contribution in [1.29, 1.82) is 0 Å². The molecular formula is C18H15FN4O4. The van der Waals surface area contributed by atoms with Crippen molar-refractivity contribution in [2.45, 2.75) is 19.5 Å². The summed E-state index contributed by atoms with van der Waals surface area (Å²) >= 11 is 0. The van der Waals surface area contributed by atoms with Crippen molar-refractivity contribution < 1.29 is 23.1 Å². The normalized spacial score (nSPS) is 16.0. The molecule has 1 aromatic carbocycles. The fourth-order valence-corrected chi connectivity index (χ4v) is 2.82. The molecule has 0 saturated carbocycles. The summed E-state index contributed by atoms with van der Waals surface area (Å²) < 4.78 is 29.9. The number of oxazole rings is 1. The number of nitrogens with zero attached hydrogens (tertiary/aromatic N) is 3. The molecule has 2 N–H and O–H groups in total. The fraction of sp³-hybridized carbons (Fsp3) is 0.167. The Hall–Kier alpha value is -3.62. The number of carbonyl (C=O) groups excluding carboxylic acids is 1. The summed E-state index contributed by atoms with van der Waals surface area (Å²) in [6, 6.07) is 5.76. The molecule has 1 atom stereocenters. The van der Waals surface area contributed by atoms with Gasteiger partial charge in [0.1, 0.15) is 12.0 Å². The van der Waals surface area contributed by atoms with Crippen LogP contribution in [0.2, 0.25) is 0 Å². The molecule has 0 bridgehead atoms. The number of hydrogen-bond donors (Lipinski definition) is 1. The molecule has 0 saturated heterocycles. The van der Waals surface area contributed by atoms with Crippen molar-refractivity contribution in [3.8, 4) is 17.6 Å². The molecule has 2 aromatic heterocycles. The summed E-state index contributed by atoms with van der Waals surface area (Å²) in [6.07, 6.45) is 3.71. The highest BCUT2D eigenvalue weighted by atomic mass is 19.1. The topological polar surface area (TPSA) is 104 Å². The minimum atomic E-state index is -0.619. The highest BCUT2D eigenvalue weighted by Crippen LogP contribution is 2.37. The molecule has 4 rings (SSSR count). The summed E-state index contributed by atoms with van der Waals surface area (Å²) in [6.45, 7) is 1.79. The molecule has 0 radical (unpaired) electrons. The number of fused-ring (bicyclic) bond motifs is 1. The Morgan fingerprint density at radius 3 is 3.00 bits per heavy atom. The van der Waals surface area contributed by atoms with Gasteiger partial charge in [0.2, 0.25) is 0 Å². The summed E-state index contributed by atoms with van der Waals surface area (Å²) in [5.74, 6) is 0.0262. The Bertz CT molecular complexity index is 993. The van der Waals surface area contributed by atoms with Crippen molar-refractivity contribution in [2.24, 2.45) is 0 Å². The van der Waals surface area contributed by atoms with E-state index in [9.17, 15) is 9.18 Å². The van der Waals surface area contributed by atoms with Crippen LogP contribution in [0.15, 0.2) is 47.3 Å². The van der Waals surface area contributed by atoms with Gasteiger partial charge < -0.3 is 19.6 Å². The second-order valence-electron chi connectivity index (χ2n) is 5.95. The largest absolute Gasteiger partial charge is 0.417 e. The number of nitrogen functional groups attached to an aromatic ring is 1. The van der Waals surface area contributed by atoms with Gasteiger partial charge in [0.15, 0.2) is 17.3 Å². The Morgan fingerprint density at radius 1 is 1.37 bits per heavy atom. The molecule has 3 aromatic rings. The number of aromatic nitrogens is 2. The average Bonchev–Trinajstić information content (AvgIpc) is 3.15. The van der Waals surface area contributed by atoms with Gasteiger partial charge in [-0.3, -0.25) is 9.88 Å². The number of pyridine rings is 1. The monoisotopic (exact) mass is 370 g/mol. The lowest BCUT2D eigenvalue weighted by Gasteiger charge is -2.33. The molecule has 1 amide bonds. The second kappa shape index (κ2) is 6.60. The lowest BCUT2D eigenvalue weighted by atomic mass is 10.1. The molecule has 0 aliphatic carbocycles. The lowest BCUT2D eigenvalue weighted by molar-refractivity contribution is 0.114. The predicted molar refractivity (Wildman–Crippen MR) is 91.6 cm³/mol. The van der Waals surface area contributed by atoms with E-state index in [1.807, 2.05) is 0 Å². The van der Waals surface area contributed by atoms with Gasteiger partial charge in [-0.15, -0.1) is 0 Å². The Morgan fingerprint density at radius 2 is 2.22 bits per heavy atom. The summed E-state index contributed by atoms with van der Waals surface area (Å²) in [4.78, 5) is 22.0. The minimum Gasteiger partial charge on any atom is -0.417 e. The van der Waals surface area contributed by atoms with Gasteiger partial charge >= 0.3 is 12.2 Å². The Kier molecular flexibility index (Phi) is 4.11. The van der Waals surface area contributed by atoms with Crippen LogP contribution in [0.25, 0.3) is 0 Å². The first-order valence-corrected chi connectivity index (χ1v) is 8.11. The van der Waals surface area contributed by atoms with E-state index in [-0.39, 0.29) is 24.1 Å². The lowest BCUT2D eigenvalue weighted by Crippen LogP contribution is -2.39. The number of halogens is 1. The van der Waals surface area contributed by atoms with Crippen molar-refractivity contribution in [2.75, 3.05) is 5.73 Å². The van der Waals surface area contributed by atoms with E-state index in [0.29, 0.717) is 17.0 Å². The number of nitrogens with two attached hydrogens (primary N) is 1. The van der Waals surface area contributed by atoms with Crippen LogP contribution in [0.3, 0.4) is 0 Å². The van der Waals surface area contributed by atoms with Crippen molar-refractivity contribution >= 4 is 11.8 Å². The van der Waals surface area contributed by atoms with Gasteiger partial charge in [0.05, 0.1) is 30.7 Å². The van der Waals surface area contributed by atoms with E-state index in [1.165, 1.54) is 35.7 Å². The molecular weight excluding hydrogens is 355 g/mol. The van der Waals surface area contributed by atoms with Crippen LogP contribution in [-0.2, 0) is 6.54 Å². The fourth-order valence-electron chi connectivity index (χ4n) is 2.82. The van der Waals surface area contributed by atoms with Gasteiger partial charge in [-0.1, -0.05) is 12.1 Å². The number of rotatable bonds is 4. The van der Waals surface area contributed by atoms with Crippen LogP contribution >= 0.6 is 0 Å². The quantitative estimate of drug-likeness (QED) is 0.699. The first kappa shape index (κ1) is 16.8. The standard InChI is InChI=1S/C18H15FN4O4/c1-10-16-14(7-12(8-22-16)26-17-21-5-6-25-17)27-18(24)23(10)9-11-3-2-4-13(20)15(11)19/h2-8,10H,9,20H2,1H3. The smallest absolute Gasteiger partial charge is 0.416 e.